The van der Waals surface area contributed by atoms with Gasteiger partial charge < -0.3 is 23.2 Å². The minimum atomic E-state index is -0.198. The van der Waals surface area contributed by atoms with E-state index in [4.69, 9.17) is 23.2 Å². The summed E-state index contributed by atoms with van der Waals surface area (Å²) in [4.78, 5) is 8.43. The molecule has 0 saturated heterocycles. The molecule has 160 valence electrons. The molecule has 0 aliphatic heterocycles. The van der Waals surface area contributed by atoms with Gasteiger partial charge >= 0.3 is 0 Å². The number of rotatable bonds is 8. The molecule has 0 aliphatic rings. The Balaban J connectivity index is 1.53. The third-order valence-corrected chi connectivity index (χ3v) is 5.25. The van der Waals surface area contributed by atoms with Gasteiger partial charge in [-0.2, -0.15) is 4.98 Å². The molecule has 0 spiro atoms. The predicted molar refractivity (Wildman–Crippen MR) is 111 cm³/mol. The summed E-state index contributed by atoms with van der Waals surface area (Å²) in [5.74, 6) is 2.73. The molecule has 11 heteroatoms. The molecular weight excluding hydrogens is 422 g/mol. The van der Waals surface area contributed by atoms with Gasteiger partial charge in [-0.05, 0) is 31.2 Å². The van der Waals surface area contributed by atoms with Gasteiger partial charge in [-0.25, -0.2) is 0 Å². The first kappa shape index (κ1) is 20.7. The number of methoxy groups -OCH3 is 3. The van der Waals surface area contributed by atoms with Gasteiger partial charge in [0.25, 0.3) is 5.22 Å². The molecule has 1 atom stereocenters. The summed E-state index contributed by atoms with van der Waals surface area (Å²) < 4.78 is 27.3. The Hall–Kier alpha value is -3.60. The molecule has 4 rings (SSSR count). The highest BCUT2D eigenvalue weighted by Gasteiger charge is 2.21. The highest BCUT2D eigenvalue weighted by atomic mass is 32.2. The van der Waals surface area contributed by atoms with Gasteiger partial charge in [0, 0.05) is 23.5 Å². The van der Waals surface area contributed by atoms with Crippen LogP contribution in [-0.4, -0.2) is 46.7 Å². The van der Waals surface area contributed by atoms with E-state index < -0.39 is 0 Å². The van der Waals surface area contributed by atoms with E-state index in [-0.39, 0.29) is 5.25 Å². The van der Waals surface area contributed by atoms with Crippen molar-refractivity contribution < 1.29 is 23.2 Å². The van der Waals surface area contributed by atoms with Crippen molar-refractivity contribution in [2.45, 2.75) is 17.4 Å². The predicted octanol–water partition coefficient (Wildman–Crippen LogP) is 4.06. The van der Waals surface area contributed by atoms with E-state index in [0.29, 0.717) is 45.6 Å². The van der Waals surface area contributed by atoms with Crippen molar-refractivity contribution in [2.75, 3.05) is 21.3 Å². The number of pyridine rings is 1. The Morgan fingerprint density at radius 2 is 1.65 bits per heavy atom. The smallest absolute Gasteiger partial charge is 0.277 e. The fourth-order valence-corrected chi connectivity index (χ4v) is 3.51. The standard InChI is InChI=1S/C20H19N5O5S/c1-11(18-22-17(25-30-18)12-5-7-21-8-6-12)31-20-24-23-19(29-20)13-9-14(26-2)16(28-4)15(10-13)27-3/h5-11H,1-4H3. The van der Waals surface area contributed by atoms with Crippen LogP contribution in [0.4, 0.5) is 0 Å². The quantitative estimate of drug-likeness (QED) is 0.368. The number of hydrogen-bond donors (Lipinski definition) is 0. The second-order valence-electron chi connectivity index (χ2n) is 6.24. The largest absolute Gasteiger partial charge is 0.493 e. The molecule has 1 unspecified atom stereocenters. The Morgan fingerprint density at radius 1 is 0.935 bits per heavy atom. The first-order valence-electron chi connectivity index (χ1n) is 9.17. The van der Waals surface area contributed by atoms with Crippen molar-refractivity contribution in [3.8, 4) is 40.1 Å². The summed E-state index contributed by atoms with van der Waals surface area (Å²) in [7, 11) is 4.63. The molecule has 1 aromatic carbocycles. The zero-order valence-corrected chi connectivity index (χ0v) is 18.0. The number of hydrogen-bond acceptors (Lipinski definition) is 11. The topological polar surface area (TPSA) is 118 Å². The minimum Gasteiger partial charge on any atom is -0.493 e. The number of aromatic nitrogens is 5. The molecule has 3 heterocycles. The molecule has 0 radical (unpaired) electrons. The van der Waals surface area contributed by atoms with Crippen LogP contribution in [-0.2, 0) is 0 Å². The lowest BCUT2D eigenvalue weighted by Crippen LogP contribution is -1.95. The van der Waals surface area contributed by atoms with Crippen molar-refractivity contribution in [3.63, 3.8) is 0 Å². The lowest BCUT2D eigenvalue weighted by Gasteiger charge is -2.12. The fraction of sp³-hybridized carbons (Fsp3) is 0.250. The van der Waals surface area contributed by atoms with E-state index in [1.165, 1.54) is 11.8 Å². The number of ether oxygens (including phenoxy) is 3. The van der Waals surface area contributed by atoms with Gasteiger partial charge in [0.2, 0.25) is 23.4 Å². The monoisotopic (exact) mass is 441 g/mol. The second-order valence-corrected chi connectivity index (χ2v) is 7.53. The Kier molecular flexibility index (Phi) is 6.03. The van der Waals surface area contributed by atoms with Crippen molar-refractivity contribution in [1.82, 2.24) is 25.3 Å². The molecule has 0 amide bonds. The van der Waals surface area contributed by atoms with E-state index in [9.17, 15) is 0 Å². The molecular formula is C20H19N5O5S. The molecule has 31 heavy (non-hydrogen) atoms. The van der Waals surface area contributed by atoms with Crippen molar-refractivity contribution in [2.24, 2.45) is 0 Å². The maximum atomic E-state index is 5.82. The number of thioether (sulfide) groups is 1. The molecule has 3 aromatic heterocycles. The van der Waals surface area contributed by atoms with Crippen LogP contribution in [0.3, 0.4) is 0 Å². The van der Waals surface area contributed by atoms with Crippen LogP contribution < -0.4 is 14.2 Å². The first-order valence-corrected chi connectivity index (χ1v) is 10.1. The average Bonchev–Trinajstić information content (AvgIpc) is 3.49. The van der Waals surface area contributed by atoms with Gasteiger partial charge in [-0.1, -0.05) is 16.9 Å². The first-order chi connectivity index (χ1) is 15.1. The summed E-state index contributed by atoms with van der Waals surface area (Å²) >= 11 is 1.31. The SMILES string of the molecule is COc1cc(-c2nnc(SC(C)c3nc(-c4ccncc4)no3)o2)cc(OC)c1OC. The molecule has 0 saturated carbocycles. The lowest BCUT2D eigenvalue weighted by atomic mass is 10.2. The number of benzene rings is 1. The summed E-state index contributed by atoms with van der Waals surface area (Å²) in [5, 5.41) is 12.4. The molecule has 10 nitrogen and oxygen atoms in total. The van der Waals surface area contributed by atoms with Crippen LogP contribution in [0.1, 0.15) is 18.1 Å². The Labute approximate surface area is 181 Å². The Bertz CT molecular complexity index is 1140. The van der Waals surface area contributed by atoms with Crippen LogP contribution in [0.5, 0.6) is 17.2 Å². The van der Waals surface area contributed by atoms with E-state index in [1.54, 1.807) is 45.9 Å². The maximum Gasteiger partial charge on any atom is 0.277 e. The van der Waals surface area contributed by atoms with Gasteiger partial charge in [0.1, 0.15) is 0 Å². The molecule has 0 fully saturated rings. The normalized spacial score (nSPS) is 11.9. The van der Waals surface area contributed by atoms with E-state index in [2.05, 4.69) is 25.3 Å². The molecule has 0 bridgehead atoms. The molecule has 0 N–H and O–H groups in total. The zero-order chi connectivity index (χ0) is 21.8. The van der Waals surface area contributed by atoms with Crippen molar-refractivity contribution >= 4 is 11.8 Å². The van der Waals surface area contributed by atoms with E-state index in [0.717, 1.165) is 5.56 Å². The number of nitrogens with zero attached hydrogens (tertiary/aromatic N) is 5. The summed E-state index contributed by atoms with van der Waals surface area (Å²) in [6.07, 6.45) is 3.35. The summed E-state index contributed by atoms with van der Waals surface area (Å²) in [6.45, 7) is 1.91. The minimum absolute atomic E-state index is 0.198. The third kappa shape index (κ3) is 4.31. The van der Waals surface area contributed by atoms with Crippen LogP contribution in [0, 0.1) is 0 Å². The summed E-state index contributed by atoms with van der Waals surface area (Å²) in [6, 6.07) is 7.11. The highest BCUT2D eigenvalue weighted by Crippen LogP contribution is 2.42. The Morgan fingerprint density at radius 3 is 2.29 bits per heavy atom. The van der Waals surface area contributed by atoms with Gasteiger partial charge in [-0.15, -0.1) is 10.2 Å². The van der Waals surface area contributed by atoms with Crippen LogP contribution in [0.2, 0.25) is 0 Å². The fourth-order valence-electron chi connectivity index (χ4n) is 2.80. The van der Waals surface area contributed by atoms with Crippen LogP contribution in [0.15, 0.2) is 50.8 Å². The van der Waals surface area contributed by atoms with Gasteiger partial charge in [0.15, 0.2) is 11.5 Å². The summed E-state index contributed by atoms with van der Waals surface area (Å²) in [5.41, 5.74) is 1.46. The molecule has 0 aliphatic carbocycles. The maximum absolute atomic E-state index is 5.82. The third-order valence-electron chi connectivity index (χ3n) is 4.32. The van der Waals surface area contributed by atoms with E-state index in [1.807, 2.05) is 19.1 Å². The van der Waals surface area contributed by atoms with Crippen molar-refractivity contribution in [3.05, 3.63) is 42.5 Å². The average molecular weight is 441 g/mol. The molecule has 4 aromatic rings. The zero-order valence-electron chi connectivity index (χ0n) is 17.2. The van der Waals surface area contributed by atoms with E-state index >= 15 is 0 Å². The van der Waals surface area contributed by atoms with Crippen LogP contribution in [0.25, 0.3) is 22.8 Å². The highest BCUT2D eigenvalue weighted by molar-refractivity contribution is 7.99. The van der Waals surface area contributed by atoms with Crippen LogP contribution >= 0.6 is 11.8 Å². The van der Waals surface area contributed by atoms with Gasteiger partial charge in [-0.3, -0.25) is 4.98 Å². The van der Waals surface area contributed by atoms with Gasteiger partial charge in [0.05, 0.1) is 26.6 Å². The lowest BCUT2D eigenvalue weighted by molar-refractivity contribution is 0.324. The second kappa shape index (κ2) is 9.04. The van der Waals surface area contributed by atoms with Crippen molar-refractivity contribution in [1.29, 1.82) is 0 Å².